The second-order valence-electron chi connectivity index (χ2n) is 3.97. The fraction of sp³-hybridized carbons (Fsp3) is 0. The van der Waals surface area contributed by atoms with Crippen molar-refractivity contribution in [3.63, 3.8) is 0 Å². The minimum atomic E-state index is 1.32. The predicted octanol–water partition coefficient (Wildman–Crippen LogP) is 1.08. The summed E-state index contributed by atoms with van der Waals surface area (Å²) in [5, 5.41) is 0. The highest BCUT2D eigenvalue weighted by Crippen LogP contribution is 2.27. The van der Waals surface area contributed by atoms with E-state index in [2.05, 4.69) is 97.3 Å². The molecule has 0 nitrogen and oxygen atoms in total. The molecule has 0 heterocycles. The van der Waals surface area contributed by atoms with Gasteiger partial charge in [0.2, 0.25) is 0 Å². The number of benzene rings is 2. The first-order valence-electron chi connectivity index (χ1n) is 5.10. The third-order valence-corrected chi connectivity index (χ3v) is 4.32. The SMILES string of the molecule is Bc1ccc(-c2ccc(B)cc2I)c(I)c1. The second kappa shape index (κ2) is 5.12. The molecule has 0 fully saturated rings. The van der Waals surface area contributed by atoms with Crippen molar-refractivity contribution in [3.8, 4) is 11.1 Å². The van der Waals surface area contributed by atoms with Gasteiger partial charge < -0.3 is 0 Å². The first kappa shape index (κ1) is 12.5. The molecule has 0 saturated carbocycles. The molecule has 0 aliphatic rings. The zero-order valence-electron chi connectivity index (χ0n) is 9.22. The van der Waals surface area contributed by atoms with E-state index in [-0.39, 0.29) is 0 Å². The Morgan fingerprint density at radius 2 is 1.06 bits per heavy atom. The van der Waals surface area contributed by atoms with Crippen LogP contribution in [0.2, 0.25) is 0 Å². The van der Waals surface area contributed by atoms with Crippen LogP contribution in [0.15, 0.2) is 36.4 Å². The predicted molar refractivity (Wildman–Crippen MR) is 93.7 cm³/mol. The van der Waals surface area contributed by atoms with Gasteiger partial charge >= 0.3 is 0 Å². The van der Waals surface area contributed by atoms with Crippen molar-refractivity contribution in [2.45, 2.75) is 0 Å². The van der Waals surface area contributed by atoms with Crippen LogP contribution in [0.5, 0.6) is 0 Å². The Bertz CT molecular complexity index is 489. The Hall–Kier alpha value is 0.0299. The molecule has 0 unspecified atom stereocenters. The summed E-state index contributed by atoms with van der Waals surface area (Å²) in [6.45, 7) is 0. The maximum atomic E-state index is 2.41. The second-order valence-corrected chi connectivity index (χ2v) is 6.29. The summed E-state index contributed by atoms with van der Waals surface area (Å²) in [6, 6.07) is 13.2. The van der Waals surface area contributed by atoms with Gasteiger partial charge in [0, 0.05) is 7.14 Å². The van der Waals surface area contributed by atoms with Gasteiger partial charge in [-0.1, -0.05) is 47.3 Å². The van der Waals surface area contributed by atoms with E-state index in [9.17, 15) is 0 Å². The molecule has 0 spiro atoms. The van der Waals surface area contributed by atoms with Gasteiger partial charge in [-0.15, -0.1) is 0 Å². The van der Waals surface area contributed by atoms with Crippen molar-refractivity contribution in [2.75, 3.05) is 0 Å². The molecule has 0 aliphatic carbocycles. The maximum Gasteiger partial charge on any atom is 0.139 e. The fourth-order valence-corrected chi connectivity index (χ4v) is 3.60. The average Bonchev–Trinajstić information content (AvgIpc) is 2.19. The van der Waals surface area contributed by atoms with Gasteiger partial charge in [-0.2, -0.15) is 0 Å². The Labute approximate surface area is 125 Å². The molecule has 78 valence electrons. The highest BCUT2D eigenvalue weighted by molar-refractivity contribution is 14.1. The largest absolute Gasteiger partial charge is 0.139 e. The molecule has 0 N–H and O–H groups in total. The molecule has 4 heteroatoms. The normalized spacial score (nSPS) is 10.4. The lowest BCUT2D eigenvalue weighted by atomic mass is 9.91. The first-order chi connectivity index (χ1) is 7.58. The van der Waals surface area contributed by atoms with Crippen LogP contribution in [0.3, 0.4) is 0 Å². The van der Waals surface area contributed by atoms with E-state index in [0.29, 0.717) is 0 Å². The smallest absolute Gasteiger partial charge is 0.0879 e. The van der Waals surface area contributed by atoms with E-state index < -0.39 is 0 Å². The van der Waals surface area contributed by atoms with Crippen molar-refractivity contribution < 1.29 is 0 Å². The number of hydrogen-bond acceptors (Lipinski definition) is 0. The van der Waals surface area contributed by atoms with E-state index >= 15 is 0 Å². The number of rotatable bonds is 1. The Kier molecular flexibility index (Phi) is 4.00. The summed E-state index contributed by atoms with van der Waals surface area (Å²) in [5.74, 6) is 0. The van der Waals surface area contributed by atoms with Crippen LogP contribution < -0.4 is 10.9 Å². The molecule has 0 saturated heterocycles. The molecule has 2 aromatic rings. The molecular formula is C12H10B2I2. The Morgan fingerprint density at radius 3 is 1.38 bits per heavy atom. The standard InChI is InChI=1S/C12H10B2I2/c13-7-1-3-9(11(15)5-7)10-4-2-8(14)6-12(10)16/h1-6H,13-14H2. The van der Waals surface area contributed by atoms with Gasteiger partial charge in [0.05, 0.1) is 0 Å². The third-order valence-electron chi connectivity index (χ3n) is 2.54. The summed E-state index contributed by atoms with van der Waals surface area (Å²) in [7, 11) is 4.26. The molecule has 0 aliphatic heterocycles. The lowest BCUT2D eigenvalue weighted by Crippen LogP contribution is -2.05. The minimum Gasteiger partial charge on any atom is -0.0879 e. The molecule has 0 radical (unpaired) electrons. The molecule has 0 amide bonds. The van der Waals surface area contributed by atoms with Crippen molar-refractivity contribution in [2.24, 2.45) is 0 Å². The number of hydrogen-bond donors (Lipinski definition) is 0. The monoisotopic (exact) mass is 430 g/mol. The number of halogens is 2. The highest BCUT2D eigenvalue weighted by atomic mass is 127. The van der Waals surface area contributed by atoms with E-state index in [1.165, 1.54) is 29.2 Å². The van der Waals surface area contributed by atoms with E-state index in [0.717, 1.165) is 0 Å². The van der Waals surface area contributed by atoms with Crippen LogP contribution in [0, 0.1) is 7.14 Å². The first-order valence-corrected chi connectivity index (χ1v) is 7.26. The van der Waals surface area contributed by atoms with E-state index in [1.807, 2.05) is 0 Å². The molecule has 2 rings (SSSR count). The zero-order valence-corrected chi connectivity index (χ0v) is 13.5. The van der Waals surface area contributed by atoms with E-state index in [4.69, 9.17) is 0 Å². The molecular weight excluding hydrogens is 420 g/mol. The summed E-state index contributed by atoms with van der Waals surface area (Å²) in [6.07, 6.45) is 0. The minimum absolute atomic E-state index is 1.32. The van der Waals surface area contributed by atoms with Crippen molar-refractivity contribution in [3.05, 3.63) is 43.5 Å². The summed E-state index contributed by atoms with van der Waals surface area (Å²) < 4.78 is 2.64. The van der Waals surface area contributed by atoms with Gasteiger partial charge in [0.1, 0.15) is 15.7 Å². The van der Waals surface area contributed by atoms with Crippen LogP contribution >= 0.6 is 45.2 Å². The summed E-state index contributed by atoms with van der Waals surface area (Å²) >= 11 is 4.82. The van der Waals surface area contributed by atoms with Gasteiger partial charge in [-0.05, 0) is 56.3 Å². The van der Waals surface area contributed by atoms with E-state index in [1.54, 1.807) is 0 Å². The molecule has 0 atom stereocenters. The summed E-state index contributed by atoms with van der Waals surface area (Å²) in [4.78, 5) is 0. The maximum absolute atomic E-state index is 2.41. The van der Waals surface area contributed by atoms with Crippen LogP contribution in [0.4, 0.5) is 0 Å². The molecule has 0 bridgehead atoms. The van der Waals surface area contributed by atoms with Gasteiger partial charge in [-0.25, -0.2) is 0 Å². The lowest BCUT2D eigenvalue weighted by molar-refractivity contribution is 1.58. The van der Waals surface area contributed by atoms with Gasteiger partial charge in [-0.3, -0.25) is 0 Å². The van der Waals surface area contributed by atoms with Crippen LogP contribution in [0.25, 0.3) is 11.1 Å². The lowest BCUT2D eigenvalue weighted by Gasteiger charge is -2.09. The molecule has 16 heavy (non-hydrogen) atoms. The topological polar surface area (TPSA) is 0 Å². The Balaban J connectivity index is 2.59. The zero-order chi connectivity index (χ0) is 11.7. The highest BCUT2D eigenvalue weighted by Gasteiger charge is 2.06. The van der Waals surface area contributed by atoms with Crippen molar-refractivity contribution in [1.82, 2.24) is 0 Å². The fourth-order valence-electron chi connectivity index (χ4n) is 1.68. The molecule has 2 aromatic carbocycles. The van der Waals surface area contributed by atoms with Crippen LogP contribution in [-0.2, 0) is 0 Å². The van der Waals surface area contributed by atoms with Gasteiger partial charge in [0.15, 0.2) is 0 Å². The van der Waals surface area contributed by atoms with Gasteiger partial charge in [0.25, 0.3) is 0 Å². The quantitative estimate of drug-likeness (QED) is 0.470. The average molecular weight is 430 g/mol. The third kappa shape index (κ3) is 2.64. The summed E-state index contributed by atoms with van der Waals surface area (Å²) in [5.41, 5.74) is 5.29. The molecule has 0 aromatic heterocycles. The van der Waals surface area contributed by atoms with Crippen molar-refractivity contribution in [1.29, 1.82) is 0 Å². The Morgan fingerprint density at radius 1 is 0.688 bits per heavy atom. The van der Waals surface area contributed by atoms with Crippen LogP contribution in [0.1, 0.15) is 0 Å². The van der Waals surface area contributed by atoms with Crippen molar-refractivity contribution >= 4 is 71.8 Å². The van der Waals surface area contributed by atoms with Crippen LogP contribution in [-0.4, -0.2) is 15.7 Å².